The summed E-state index contributed by atoms with van der Waals surface area (Å²) in [4.78, 5) is 0. The summed E-state index contributed by atoms with van der Waals surface area (Å²) in [7, 11) is -3.90. The zero-order chi connectivity index (χ0) is 12.3. The van der Waals surface area contributed by atoms with E-state index in [1.807, 2.05) is 0 Å². The molecule has 0 aromatic heterocycles. The maximum Gasteiger partial charge on any atom is 0.402 e. The number of rotatable bonds is 5. The minimum atomic E-state index is -4.54. The normalized spacial score (nSPS) is 13.9. The van der Waals surface area contributed by atoms with Gasteiger partial charge in [-0.2, -0.15) is 17.5 Å². The molecule has 0 spiro atoms. The van der Waals surface area contributed by atoms with Crippen LogP contribution in [-0.2, 0) is 10.0 Å². The molecule has 0 aromatic rings. The molecule has 0 amide bonds. The van der Waals surface area contributed by atoms with Crippen molar-refractivity contribution in [3.05, 3.63) is 0 Å². The zero-order valence-corrected chi connectivity index (χ0v) is 9.40. The molecule has 2 N–H and O–H groups in total. The van der Waals surface area contributed by atoms with Gasteiger partial charge in [-0.1, -0.05) is 0 Å². The minimum absolute atomic E-state index is 0.137. The zero-order valence-electron chi connectivity index (χ0n) is 8.58. The number of sulfonamides is 1. The van der Waals surface area contributed by atoms with E-state index in [0.717, 1.165) is 0 Å². The van der Waals surface area contributed by atoms with Gasteiger partial charge in [0.2, 0.25) is 10.0 Å². The molecule has 8 heteroatoms. The van der Waals surface area contributed by atoms with Crippen LogP contribution in [0.4, 0.5) is 13.2 Å². The van der Waals surface area contributed by atoms with Crippen molar-refractivity contribution in [2.75, 3.05) is 19.6 Å². The molecule has 0 unspecified atom stereocenters. The molecule has 15 heavy (non-hydrogen) atoms. The van der Waals surface area contributed by atoms with Gasteiger partial charge in [-0.05, 0) is 13.8 Å². The summed E-state index contributed by atoms with van der Waals surface area (Å²) in [6.07, 6.45) is -4.54. The lowest BCUT2D eigenvalue weighted by atomic mass is 10.5. The Bertz CT molecular complexity index is 287. The Kier molecular flexibility index (Phi) is 5.01. The third-order valence-electron chi connectivity index (χ3n) is 1.69. The quantitative estimate of drug-likeness (QED) is 0.772. The third-order valence-corrected chi connectivity index (χ3v) is 3.91. The fraction of sp³-hybridized carbons (Fsp3) is 1.00. The highest BCUT2D eigenvalue weighted by atomic mass is 32.2. The van der Waals surface area contributed by atoms with Crippen LogP contribution in [0, 0.1) is 0 Å². The Morgan fingerprint density at radius 3 is 2.07 bits per heavy atom. The van der Waals surface area contributed by atoms with Crippen LogP contribution in [0.3, 0.4) is 0 Å². The fourth-order valence-electron chi connectivity index (χ4n) is 0.938. The molecule has 0 heterocycles. The Hall–Kier alpha value is -0.340. The first-order valence-corrected chi connectivity index (χ1v) is 5.87. The smallest absolute Gasteiger partial charge is 0.329 e. The third kappa shape index (κ3) is 4.80. The van der Waals surface area contributed by atoms with Crippen molar-refractivity contribution in [3.8, 4) is 0 Å². The summed E-state index contributed by atoms with van der Waals surface area (Å²) in [5.74, 6) is 0. The molecule has 0 saturated carbocycles. The Balaban J connectivity index is 4.83. The predicted octanol–water partition coefficient (Wildman–Crippen LogP) is 0.548. The highest BCUT2D eigenvalue weighted by Crippen LogP contribution is 2.19. The molecular weight excluding hydrogens is 233 g/mol. The molecule has 0 radical (unpaired) electrons. The second kappa shape index (κ2) is 5.13. The van der Waals surface area contributed by atoms with Gasteiger partial charge in [0.25, 0.3) is 0 Å². The second-order valence-corrected chi connectivity index (χ2v) is 5.82. The topological polar surface area (TPSA) is 63.4 Å². The highest BCUT2D eigenvalue weighted by molar-refractivity contribution is 7.89. The minimum Gasteiger partial charge on any atom is -0.329 e. The molecule has 92 valence electrons. The van der Waals surface area contributed by atoms with Gasteiger partial charge >= 0.3 is 6.18 Å². The molecule has 0 rings (SSSR count). The van der Waals surface area contributed by atoms with Crippen LogP contribution in [0.1, 0.15) is 13.8 Å². The van der Waals surface area contributed by atoms with Gasteiger partial charge < -0.3 is 5.73 Å². The molecule has 4 nitrogen and oxygen atoms in total. The van der Waals surface area contributed by atoms with E-state index in [0.29, 0.717) is 4.31 Å². The largest absolute Gasteiger partial charge is 0.402 e. The van der Waals surface area contributed by atoms with Crippen molar-refractivity contribution in [3.63, 3.8) is 0 Å². The fourth-order valence-corrected chi connectivity index (χ4v) is 2.22. The summed E-state index contributed by atoms with van der Waals surface area (Å²) in [5.41, 5.74) is 5.07. The van der Waals surface area contributed by atoms with Crippen LogP contribution >= 0.6 is 0 Å². The number of hydrogen-bond acceptors (Lipinski definition) is 3. The van der Waals surface area contributed by atoms with E-state index >= 15 is 0 Å². The first-order chi connectivity index (χ1) is 6.61. The van der Waals surface area contributed by atoms with Gasteiger partial charge in [0.1, 0.15) is 6.54 Å². The number of nitrogens with two attached hydrogens (primary N) is 1. The van der Waals surface area contributed by atoms with Crippen molar-refractivity contribution < 1.29 is 21.6 Å². The lowest BCUT2D eigenvalue weighted by Crippen LogP contribution is -2.44. The van der Waals surface area contributed by atoms with Crippen LogP contribution in [-0.4, -0.2) is 43.8 Å². The average Bonchev–Trinajstić information content (AvgIpc) is 2.00. The number of halogens is 3. The Labute approximate surface area is 87.3 Å². The summed E-state index contributed by atoms with van der Waals surface area (Å²) in [5, 5.41) is -0.883. The molecule has 0 bridgehead atoms. The van der Waals surface area contributed by atoms with E-state index in [1.165, 1.54) is 13.8 Å². The van der Waals surface area contributed by atoms with Crippen molar-refractivity contribution >= 4 is 10.0 Å². The van der Waals surface area contributed by atoms with E-state index < -0.39 is 28.0 Å². The van der Waals surface area contributed by atoms with Crippen molar-refractivity contribution in [2.45, 2.75) is 25.3 Å². The molecule has 0 aromatic carbocycles. The summed E-state index contributed by atoms with van der Waals surface area (Å²) >= 11 is 0. The number of alkyl halides is 3. The maximum atomic E-state index is 12.1. The van der Waals surface area contributed by atoms with Crippen LogP contribution in [0.15, 0.2) is 0 Å². The first kappa shape index (κ1) is 14.7. The number of hydrogen-bond donors (Lipinski definition) is 1. The molecule has 0 aliphatic rings. The predicted molar refractivity (Wildman–Crippen MR) is 50.7 cm³/mol. The van der Waals surface area contributed by atoms with Gasteiger partial charge in [-0.25, -0.2) is 8.42 Å². The molecule has 0 aliphatic carbocycles. The summed E-state index contributed by atoms with van der Waals surface area (Å²) in [6, 6.07) is 0. The van der Waals surface area contributed by atoms with E-state index in [1.54, 1.807) is 0 Å². The molecular formula is C7H15F3N2O2S. The monoisotopic (exact) mass is 248 g/mol. The van der Waals surface area contributed by atoms with Gasteiger partial charge in [-0.3, -0.25) is 0 Å². The summed E-state index contributed by atoms with van der Waals surface area (Å²) in [6.45, 7) is 0.719. The molecule has 0 saturated heterocycles. The van der Waals surface area contributed by atoms with E-state index in [4.69, 9.17) is 5.73 Å². The Morgan fingerprint density at radius 1 is 1.33 bits per heavy atom. The van der Waals surface area contributed by atoms with E-state index in [9.17, 15) is 21.6 Å². The van der Waals surface area contributed by atoms with E-state index in [2.05, 4.69) is 0 Å². The van der Waals surface area contributed by atoms with Crippen molar-refractivity contribution in [1.29, 1.82) is 0 Å². The van der Waals surface area contributed by atoms with Crippen molar-refractivity contribution in [2.24, 2.45) is 5.73 Å². The van der Waals surface area contributed by atoms with Crippen LogP contribution in [0.2, 0.25) is 0 Å². The molecule has 0 aliphatic heterocycles. The average molecular weight is 248 g/mol. The van der Waals surface area contributed by atoms with Gasteiger partial charge in [-0.15, -0.1) is 0 Å². The van der Waals surface area contributed by atoms with Gasteiger partial charge in [0, 0.05) is 13.1 Å². The Morgan fingerprint density at radius 2 is 1.80 bits per heavy atom. The van der Waals surface area contributed by atoms with Crippen LogP contribution in [0.5, 0.6) is 0 Å². The lowest BCUT2D eigenvalue weighted by Gasteiger charge is -2.24. The SMILES string of the molecule is CC(C)S(=O)(=O)N(CCN)CC(F)(F)F. The van der Waals surface area contributed by atoms with E-state index in [-0.39, 0.29) is 13.1 Å². The number of nitrogens with zero attached hydrogens (tertiary/aromatic N) is 1. The molecule has 0 atom stereocenters. The highest BCUT2D eigenvalue weighted by Gasteiger charge is 2.36. The molecule has 0 fully saturated rings. The van der Waals surface area contributed by atoms with Gasteiger partial charge in [0.05, 0.1) is 5.25 Å². The lowest BCUT2D eigenvalue weighted by molar-refractivity contribution is -0.136. The standard InChI is InChI=1S/C7H15F3N2O2S/c1-6(2)15(13,14)12(4-3-11)5-7(8,9)10/h6H,3-5,11H2,1-2H3. The summed E-state index contributed by atoms with van der Waals surface area (Å²) < 4.78 is 59.5. The van der Waals surface area contributed by atoms with Gasteiger partial charge in [0.15, 0.2) is 0 Å². The first-order valence-electron chi connectivity index (χ1n) is 4.37. The van der Waals surface area contributed by atoms with Crippen molar-refractivity contribution in [1.82, 2.24) is 4.31 Å². The maximum absolute atomic E-state index is 12.1. The second-order valence-electron chi connectivity index (χ2n) is 3.33. The van der Waals surface area contributed by atoms with Crippen LogP contribution in [0.25, 0.3) is 0 Å². The van der Waals surface area contributed by atoms with Crippen LogP contribution < -0.4 is 5.73 Å².